The minimum absolute atomic E-state index is 0.123. The van der Waals surface area contributed by atoms with Crippen molar-refractivity contribution in [1.29, 1.82) is 5.26 Å². The van der Waals surface area contributed by atoms with Gasteiger partial charge < -0.3 is 0 Å². The van der Waals surface area contributed by atoms with Gasteiger partial charge in [-0.2, -0.15) is 5.26 Å². The fourth-order valence-electron chi connectivity index (χ4n) is 2.45. The van der Waals surface area contributed by atoms with E-state index in [0.717, 1.165) is 12.8 Å². The Morgan fingerprint density at radius 2 is 1.92 bits per heavy atom. The predicted octanol–water partition coefficient (Wildman–Crippen LogP) is 2.44. The molecule has 0 aromatic carbocycles. The monoisotopic (exact) mass is 177 g/mol. The summed E-state index contributed by atoms with van der Waals surface area (Å²) in [4.78, 5) is 11.4. The van der Waals surface area contributed by atoms with E-state index in [-0.39, 0.29) is 18.1 Å². The summed E-state index contributed by atoms with van der Waals surface area (Å²) in [6, 6.07) is 1.95. The van der Waals surface area contributed by atoms with Crippen LogP contribution in [0.4, 0.5) is 0 Å². The first-order valence-corrected chi connectivity index (χ1v) is 5.15. The van der Waals surface area contributed by atoms with Crippen molar-refractivity contribution in [2.75, 3.05) is 0 Å². The molecule has 0 aliphatic heterocycles. The average molecular weight is 177 g/mol. The van der Waals surface area contributed by atoms with Crippen molar-refractivity contribution in [3.63, 3.8) is 0 Å². The van der Waals surface area contributed by atoms with Crippen molar-refractivity contribution in [2.24, 2.45) is 11.3 Å². The van der Waals surface area contributed by atoms with Crippen LogP contribution in [0.1, 0.15) is 44.9 Å². The molecule has 0 bridgehead atoms. The van der Waals surface area contributed by atoms with E-state index in [1.165, 1.54) is 25.7 Å². The quantitative estimate of drug-likeness (QED) is 0.650. The molecule has 0 radical (unpaired) electrons. The number of carbonyl (C=O) groups excluding carboxylic acids is 1. The molecule has 0 N–H and O–H groups in total. The second-order valence-corrected chi connectivity index (χ2v) is 4.58. The Bertz CT molecular complexity index is 250. The van der Waals surface area contributed by atoms with Gasteiger partial charge in [-0.1, -0.05) is 0 Å². The van der Waals surface area contributed by atoms with Crippen LogP contribution < -0.4 is 0 Å². The van der Waals surface area contributed by atoms with E-state index >= 15 is 0 Å². The van der Waals surface area contributed by atoms with Crippen LogP contribution in [-0.2, 0) is 4.79 Å². The molecule has 0 aromatic rings. The van der Waals surface area contributed by atoms with Crippen LogP contribution in [0.15, 0.2) is 0 Å². The summed E-state index contributed by atoms with van der Waals surface area (Å²) in [7, 11) is 0. The van der Waals surface area contributed by atoms with Crippen molar-refractivity contribution in [3.8, 4) is 6.07 Å². The van der Waals surface area contributed by atoms with Gasteiger partial charge in [-0.15, -0.1) is 0 Å². The third-order valence-electron chi connectivity index (χ3n) is 3.71. The minimum Gasteiger partial charge on any atom is -0.298 e. The Labute approximate surface area is 78.9 Å². The number of Topliss-reactive ketones (excluding diaryl/α,β-unsaturated/α-hetero) is 1. The number of nitriles is 1. The first kappa shape index (κ1) is 8.74. The summed E-state index contributed by atoms with van der Waals surface area (Å²) in [5.74, 6) is 0.392. The second kappa shape index (κ2) is 3.14. The molecule has 70 valence electrons. The largest absolute Gasteiger partial charge is 0.298 e. The lowest BCUT2D eigenvalue weighted by Crippen LogP contribution is -2.22. The Kier molecular flexibility index (Phi) is 2.11. The summed E-state index contributed by atoms with van der Waals surface area (Å²) in [5.41, 5.74) is 0.656. The molecule has 0 saturated heterocycles. The number of carbonyl (C=O) groups is 1. The molecular formula is C11H15NO. The van der Waals surface area contributed by atoms with Gasteiger partial charge in [0.15, 0.2) is 0 Å². The highest BCUT2D eigenvalue weighted by Gasteiger charge is 2.45. The number of hydrogen-bond donors (Lipinski definition) is 0. The molecule has 2 heteroatoms. The molecule has 2 saturated carbocycles. The van der Waals surface area contributed by atoms with E-state index in [1.807, 2.05) is 6.07 Å². The van der Waals surface area contributed by atoms with Gasteiger partial charge >= 0.3 is 0 Å². The Hall–Kier alpha value is -0.840. The lowest BCUT2D eigenvalue weighted by molar-refractivity contribution is -0.123. The highest BCUT2D eigenvalue weighted by atomic mass is 16.1. The Morgan fingerprint density at radius 1 is 1.31 bits per heavy atom. The first-order chi connectivity index (χ1) is 6.26. The SMILES string of the molecule is N#CCC(=O)C1CCC2(CC1)CC2. The zero-order valence-corrected chi connectivity index (χ0v) is 7.88. The molecule has 0 heterocycles. The van der Waals surface area contributed by atoms with Gasteiger partial charge in [0, 0.05) is 5.92 Å². The zero-order chi connectivity index (χ0) is 9.31. The van der Waals surface area contributed by atoms with Crippen LogP contribution >= 0.6 is 0 Å². The topological polar surface area (TPSA) is 40.9 Å². The Balaban J connectivity index is 1.84. The smallest absolute Gasteiger partial charge is 0.149 e. The second-order valence-electron chi connectivity index (χ2n) is 4.58. The van der Waals surface area contributed by atoms with Gasteiger partial charge in [0.1, 0.15) is 5.78 Å². The molecule has 0 unspecified atom stereocenters. The molecular weight excluding hydrogens is 162 g/mol. The fourth-order valence-corrected chi connectivity index (χ4v) is 2.45. The maximum atomic E-state index is 11.4. The summed E-state index contributed by atoms with van der Waals surface area (Å²) < 4.78 is 0. The van der Waals surface area contributed by atoms with Crippen LogP contribution in [-0.4, -0.2) is 5.78 Å². The van der Waals surface area contributed by atoms with E-state index in [1.54, 1.807) is 0 Å². The molecule has 0 aromatic heterocycles. The number of ketones is 1. The van der Waals surface area contributed by atoms with Gasteiger partial charge in [0.2, 0.25) is 0 Å². The molecule has 2 aliphatic carbocycles. The molecule has 13 heavy (non-hydrogen) atoms. The van der Waals surface area contributed by atoms with Crippen molar-refractivity contribution >= 4 is 5.78 Å². The van der Waals surface area contributed by atoms with Crippen LogP contribution in [0.5, 0.6) is 0 Å². The standard InChI is InChI=1S/C11H15NO/c12-8-3-10(13)9-1-4-11(5-2-9)6-7-11/h9H,1-7H2. The molecule has 2 aliphatic rings. The zero-order valence-electron chi connectivity index (χ0n) is 7.88. The van der Waals surface area contributed by atoms with E-state index in [2.05, 4.69) is 0 Å². The van der Waals surface area contributed by atoms with E-state index in [4.69, 9.17) is 5.26 Å². The first-order valence-electron chi connectivity index (χ1n) is 5.15. The van der Waals surface area contributed by atoms with Crippen molar-refractivity contribution in [3.05, 3.63) is 0 Å². The third kappa shape index (κ3) is 1.75. The summed E-state index contributed by atoms with van der Waals surface area (Å²) in [6.45, 7) is 0. The summed E-state index contributed by atoms with van der Waals surface area (Å²) in [5, 5.41) is 8.41. The normalized spacial score (nSPS) is 25.5. The van der Waals surface area contributed by atoms with Gasteiger partial charge in [-0.05, 0) is 43.9 Å². The van der Waals surface area contributed by atoms with Crippen molar-refractivity contribution in [1.82, 2.24) is 0 Å². The molecule has 0 atom stereocenters. The molecule has 2 nitrogen and oxygen atoms in total. The van der Waals surface area contributed by atoms with Gasteiger partial charge in [-0.25, -0.2) is 0 Å². The molecule has 2 fully saturated rings. The van der Waals surface area contributed by atoms with Crippen LogP contribution in [0.3, 0.4) is 0 Å². The number of hydrogen-bond acceptors (Lipinski definition) is 2. The van der Waals surface area contributed by atoms with Crippen LogP contribution in [0.2, 0.25) is 0 Å². The van der Waals surface area contributed by atoms with E-state index in [0.29, 0.717) is 5.41 Å². The summed E-state index contributed by atoms with van der Waals surface area (Å²) in [6.07, 6.45) is 7.43. The fraction of sp³-hybridized carbons (Fsp3) is 0.818. The molecule has 2 rings (SSSR count). The Morgan fingerprint density at radius 3 is 2.38 bits per heavy atom. The van der Waals surface area contributed by atoms with Gasteiger partial charge in [-0.3, -0.25) is 4.79 Å². The number of rotatable bonds is 2. The summed E-state index contributed by atoms with van der Waals surface area (Å²) >= 11 is 0. The van der Waals surface area contributed by atoms with Gasteiger partial charge in [0.25, 0.3) is 0 Å². The number of nitrogens with zero attached hydrogens (tertiary/aromatic N) is 1. The van der Waals surface area contributed by atoms with E-state index < -0.39 is 0 Å². The van der Waals surface area contributed by atoms with Crippen molar-refractivity contribution in [2.45, 2.75) is 44.9 Å². The maximum absolute atomic E-state index is 11.4. The van der Waals surface area contributed by atoms with Gasteiger partial charge in [0.05, 0.1) is 12.5 Å². The van der Waals surface area contributed by atoms with Crippen LogP contribution in [0.25, 0.3) is 0 Å². The lowest BCUT2D eigenvalue weighted by Gasteiger charge is -2.26. The maximum Gasteiger partial charge on any atom is 0.149 e. The molecule has 0 amide bonds. The minimum atomic E-state index is 0.123. The lowest BCUT2D eigenvalue weighted by atomic mass is 9.77. The van der Waals surface area contributed by atoms with E-state index in [9.17, 15) is 4.79 Å². The van der Waals surface area contributed by atoms with Crippen LogP contribution in [0, 0.1) is 22.7 Å². The third-order valence-corrected chi connectivity index (χ3v) is 3.71. The van der Waals surface area contributed by atoms with Crippen molar-refractivity contribution < 1.29 is 4.79 Å². The molecule has 1 spiro atoms. The highest BCUT2D eigenvalue weighted by molar-refractivity contribution is 5.82. The average Bonchev–Trinajstić information content (AvgIpc) is 2.87. The predicted molar refractivity (Wildman–Crippen MR) is 48.9 cm³/mol. The highest BCUT2D eigenvalue weighted by Crippen LogP contribution is 2.57.